The topological polar surface area (TPSA) is 66.5 Å². The smallest absolute Gasteiger partial charge is 0.264 e. The van der Waals surface area contributed by atoms with Crippen LogP contribution in [-0.2, 0) is 10.0 Å². The lowest BCUT2D eigenvalue weighted by Gasteiger charge is -2.20. The number of hydrogen-bond donors (Lipinski definition) is 1. The van der Waals surface area contributed by atoms with Gasteiger partial charge in [-0.1, -0.05) is 0 Å². The van der Waals surface area contributed by atoms with Crippen LogP contribution >= 0.6 is 11.8 Å². The maximum atomic E-state index is 13.3. The molecule has 0 unspecified atom stereocenters. The van der Waals surface area contributed by atoms with Gasteiger partial charge in [-0.3, -0.25) is 9.10 Å². The highest BCUT2D eigenvalue weighted by molar-refractivity contribution is 7.98. The number of thioether (sulfide) groups is 1. The van der Waals surface area contributed by atoms with Crippen LogP contribution in [0.25, 0.3) is 0 Å². The van der Waals surface area contributed by atoms with E-state index in [0.717, 1.165) is 21.3 Å². The third kappa shape index (κ3) is 4.63. The summed E-state index contributed by atoms with van der Waals surface area (Å²) < 4.78 is 53.0. The summed E-state index contributed by atoms with van der Waals surface area (Å²) in [6.45, 7) is 0. The van der Waals surface area contributed by atoms with Gasteiger partial charge in [0, 0.05) is 29.3 Å². The molecule has 0 atom stereocenters. The van der Waals surface area contributed by atoms with E-state index in [9.17, 15) is 22.0 Å². The second kappa shape index (κ2) is 8.85. The molecule has 0 radical (unpaired) electrons. The van der Waals surface area contributed by atoms with E-state index < -0.39 is 27.6 Å². The van der Waals surface area contributed by atoms with Gasteiger partial charge in [-0.05, 0) is 66.9 Å². The summed E-state index contributed by atoms with van der Waals surface area (Å²) in [7, 11) is -2.34. The Kier molecular flexibility index (Phi) is 6.42. The van der Waals surface area contributed by atoms with Gasteiger partial charge < -0.3 is 5.32 Å². The molecule has 0 bridgehead atoms. The van der Waals surface area contributed by atoms with Crippen LogP contribution in [-0.4, -0.2) is 27.6 Å². The van der Waals surface area contributed by atoms with E-state index >= 15 is 0 Å². The zero-order valence-corrected chi connectivity index (χ0v) is 17.7. The average molecular weight is 449 g/mol. The molecule has 30 heavy (non-hydrogen) atoms. The van der Waals surface area contributed by atoms with Gasteiger partial charge in [-0.2, -0.15) is 0 Å². The van der Waals surface area contributed by atoms with Gasteiger partial charge >= 0.3 is 0 Å². The minimum absolute atomic E-state index is 0.108. The monoisotopic (exact) mass is 448 g/mol. The molecule has 0 spiro atoms. The lowest BCUT2D eigenvalue weighted by molar-refractivity contribution is 0.102. The van der Waals surface area contributed by atoms with Crippen molar-refractivity contribution in [3.05, 3.63) is 83.9 Å². The lowest BCUT2D eigenvalue weighted by atomic mass is 10.2. The molecule has 1 amide bonds. The summed E-state index contributed by atoms with van der Waals surface area (Å²) in [4.78, 5) is 13.4. The Balaban J connectivity index is 1.76. The zero-order chi connectivity index (χ0) is 21.9. The number of amides is 1. The number of benzene rings is 3. The van der Waals surface area contributed by atoms with E-state index in [4.69, 9.17) is 0 Å². The molecule has 3 aromatic carbocycles. The van der Waals surface area contributed by atoms with Crippen molar-refractivity contribution in [3.63, 3.8) is 0 Å². The van der Waals surface area contributed by atoms with Crippen molar-refractivity contribution in [2.75, 3.05) is 22.9 Å². The molecule has 0 aliphatic heterocycles. The van der Waals surface area contributed by atoms with Crippen molar-refractivity contribution < 1.29 is 22.0 Å². The first-order valence-electron chi connectivity index (χ1n) is 8.72. The van der Waals surface area contributed by atoms with Crippen LogP contribution in [0.4, 0.5) is 20.2 Å². The van der Waals surface area contributed by atoms with E-state index in [0.29, 0.717) is 5.69 Å². The number of nitrogens with one attached hydrogen (secondary N) is 1. The maximum Gasteiger partial charge on any atom is 0.264 e. The highest BCUT2D eigenvalue weighted by Gasteiger charge is 2.21. The predicted molar refractivity (Wildman–Crippen MR) is 115 cm³/mol. The molecule has 156 valence electrons. The molecule has 5 nitrogen and oxygen atoms in total. The van der Waals surface area contributed by atoms with E-state index in [-0.39, 0.29) is 16.1 Å². The Morgan fingerprint density at radius 2 is 1.57 bits per heavy atom. The maximum absolute atomic E-state index is 13.3. The SMILES string of the molecule is CSc1ccc(S(=O)(=O)N(C)c2ccc(C(=O)Nc3ccc(F)c(F)c3)cc2)cc1. The van der Waals surface area contributed by atoms with Gasteiger partial charge in [0.15, 0.2) is 11.6 Å². The first kappa shape index (κ1) is 21.8. The number of halogens is 2. The molecular weight excluding hydrogens is 430 g/mol. The molecular formula is C21H18F2N2O3S2. The number of hydrogen-bond acceptors (Lipinski definition) is 4. The molecule has 0 aromatic heterocycles. The fourth-order valence-corrected chi connectivity index (χ4v) is 4.25. The lowest BCUT2D eigenvalue weighted by Crippen LogP contribution is -2.26. The number of carbonyl (C=O) groups is 1. The number of carbonyl (C=O) groups excluding carboxylic acids is 1. The van der Waals surface area contributed by atoms with Crippen LogP contribution < -0.4 is 9.62 Å². The van der Waals surface area contributed by atoms with Crippen LogP contribution in [0.15, 0.2) is 76.5 Å². The fraction of sp³-hybridized carbons (Fsp3) is 0.0952. The molecule has 0 heterocycles. The van der Waals surface area contributed by atoms with E-state index in [1.807, 2.05) is 6.26 Å². The molecule has 3 rings (SSSR count). The quantitative estimate of drug-likeness (QED) is 0.552. The van der Waals surface area contributed by atoms with Gasteiger partial charge in [-0.25, -0.2) is 17.2 Å². The number of anilines is 2. The standard InChI is InChI=1S/C21H18F2N2O3S2/c1-25(30(27,28)18-10-8-17(29-2)9-11-18)16-6-3-14(4-7-16)21(26)24-15-5-12-19(22)20(23)13-15/h3-13H,1-2H3,(H,24,26). The normalized spacial score (nSPS) is 11.2. The second-order valence-corrected chi connectivity index (χ2v) is 9.13. The van der Waals surface area contributed by atoms with Crippen molar-refractivity contribution in [1.82, 2.24) is 0 Å². The molecule has 0 aliphatic carbocycles. The summed E-state index contributed by atoms with van der Waals surface area (Å²) in [6.07, 6.45) is 1.90. The van der Waals surface area contributed by atoms with Gasteiger partial charge in [0.1, 0.15) is 0 Å². The van der Waals surface area contributed by atoms with Crippen LogP contribution in [0.2, 0.25) is 0 Å². The van der Waals surface area contributed by atoms with Crippen molar-refractivity contribution >= 4 is 39.1 Å². The Morgan fingerprint density at radius 3 is 2.13 bits per heavy atom. The van der Waals surface area contributed by atoms with Crippen LogP contribution in [0.1, 0.15) is 10.4 Å². The van der Waals surface area contributed by atoms with Gasteiger partial charge in [0.2, 0.25) is 0 Å². The van der Waals surface area contributed by atoms with Crippen LogP contribution in [0, 0.1) is 11.6 Å². The minimum atomic E-state index is -3.76. The molecule has 3 aromatic rings. The van der Waals surface area contributed by atoms with E-state index in [2.05, 4.69) is 5.32 Å². The predicted octanol–water partition coefficient (Wildman–Crippen LogP) is 4.76. The summed E-state index contributed by atoms with van der Waals surface area (Å²) in [5.41, 5.74) is 0.711. The highest BCUT2D eigenvalue weighted by atomic mass is 32.2. The summed E-state index contributed by atoms with van der Waals surface area (Å²) in [5, 5.41) is 2.46. The van der Waals surface area contributed by atoms with Gasteiger partial charge in [0.25, 0.3) is 15.9 Å². The average Bonchev–Trinajstić information content (AvgIpc) is 2.76. The Bertz CT molecular complexity index is 1170. The first-order valence-corrected chi connectivity index (χ1v) is 11.4. The highest BCUT2D eigenvalue weighted by Crippen LogP contribution is 2.24. The van der Waals surface area contributed by atoms with E-state index in [1.165, 1.54) is 49.1 Å². The van der Waals surface area contributed by atoms with Crippen LogP contribution in [0.3, 0.4) is 0 Å². The van der Waals surface area contributed by atoms with Crippen molar-refractivity contribution in [3.8, 4) is 0 Å². The van der Waals surface area contributed by atoms with Crippen molar-refractivity contribution in [1.29, 1.82) is 0 Å². The van der Waals surface area contributed by atoms with E-state index in [1.54, 1.807) is 24.3 Å². The molecule has 0 saturated heterocycles. The molecule has 0 fully saturated rings. The molecule has 1 N–H and O–H groups in total. The second-order valence-electron chi connectivity index (χ2n) is 6.28. The summed E-state index contributed by atoms with van der Waals surface area (Å²) in [5.74, 6) is -2.61. The third-order valence-corrected chi connectivity index (χ3v) is 6.93. The first-order chi connectivity index (χ1) is 14.2. The fourth-order valence-electron chi connectivity index (χ4n) is 2.64. The molecule has 0 aliphatic rings. The Labute approximate surface area is 177 Å². The van der Waals surface area contributed by atoms with Gasteiger partial charge in [0.05, 0.1) is 10.6 Å². The van der Waals surface area contributed by atoms with Crippen molar-refractivity contribution in [2.24, 2.45) is 0 Å². The number of sulfonamides is 1. The number of rotatable bonds is 6. The third-order valence-electron chi connectivity index (χ3n) is 4.39. The Hall–Kier alpha value is -2.91. The number of nitrogens with zero attached hydrogens (tertiary/aromatic N) is 1. The largest absolute Gasteiger partial charge is 0.322 e. The summed E-state index contributed by atoms with van der Waals surface area (Å²) in [6, 6.07) is 15.5. The minimum Gasteiger partial charge on any atom is -0.322 e. The van der Waals surface area contributed by atoms with Crippen LogP contribution in [0.5, 0.6) is 0 Å². The molecule has 9 heteroatoms. The van der Waals surface area contributed by atoms with Gasteiger partial charge in [-0.15, -0.1) is 11.8 Å². The Morgan fingerprint density at radius 1 is 0.933 bits per heavy atom. The zero-order valence-electron chi connectivity index (χ0n) is 16.1. The van der Waals surface area contributed by atoms with Crippen molar-refractivity contribution in [2.45, 2.75) is 9.79 Å². The summed E-state index contributed by atoms with van der Waals surface area (Å²) >= 11 is 1.51. The molecule has 0 saturated carbocycles.